The topological polar surface area (TPSA) is 41.6 Å². The number of aryl methyl sites for hydroxylation is 1. The zero-order valence-corrected chi connectivity index (χ0v) is 11.9. The summed E-state index contributed by atoms with van der Waals surface area (Å²) in [7, 11) is 3.45. The Bertz CT molecular complexity index is 453. The standard InChI is InChI=1S/C15H22N2O2/c1-12-5-4-6-13(11-12)17(2)14(18)15(19-3)7-9-16-10-8-15/h4-6,11,16H,7-10H2,1-3H3. The fraction of sp³-hybridized carbons (Fsp3) is 0.533. The van der Waals surface area contributed by atoms with E-state index in [4.69, 9.17) is 4.74 Å². The van der Waals surface area contributed by atoms with E-state index < -0.39 is 5.60 Å². The van der Waals surface area contributed by atoms with Crippen LogP contribution < -0.4 is 10.2 Å². The second kappa shape index (κ2) is 5.72. The lowest BCUT2D eigenvalue weighted by molar-refractivity contribution is -0.143. The van der Waals surface area contributed by atoms with Gasteiger partial charge in [0.05, 0.1) is 0 Å². The number of amides is 1. The highest BCUT2D eigenvalue weighted by Crippen LogP contribution is 2.27. The number of rotatable bonds is 3. The van der Waals surface area contributed by atoms with E-state index in [0.717, 1.165) is 37.2 Å². The molecule has 1 fully saturated rings. The molecule has 1 aliphatic rings. The lowest BCUT2D eigenvalue weighted by atomic mass is 9.90. The Hall–Kier alpha value is -1.39. The van der Waals surface area contributed by atoms with Crippen LogP contribution in [-0.4, -0.2) is 38.8 Å². The molecule has 4 nitrogen and oxygen atoms in total. The largest absolute Gasteiger partial charge is 0.368 e. The van der Waals surface area contributed by atoms with Gasteiger partial charge in [0, 0.05) is 19.8 Å². The second-order valence-corrected chi connectivity index (χ2v) is 5.15. The molecular weight excluding hydrogens is 240 g/mol. The molecule has 1 aromatic rings. The van der Waals surface area contributed by atoms with Crippen LogP contribution in [0.2, 0.25) is 0 Å². The Morgan fingerprint density at radius 2 is 2.05 bits per heavy atom. The molecule has 0 unspecified atom stereocenters. The van der Waals surface area contributed by atoms with Crippen molar-refractivity contribution in [3.05, 3.63) is 29.8 Å². The summed E-state index contributed by atoms with van der Waals surface area (Å²) in [4.78, 5) is 14.4. The van der Waals surface area contributed by atoms with Crippen LogP contribution in [0.5, 0.6) is 0 Å². The van der Waals surface area contributed by atoms with E-state index in [1.165, 1.54) is 0 Å². The van der Waals surface area contributed by atoms with Crippen LogP contribution >= 0.6 is 0 Å². The molecule has 19 heavy (non-hydrogen) atoms. The van der Waals surface area contributed by atoms with E-state index in [0.29, 0.717) is 0 Å². The third-order valence-electron chi connectivity index (χ3n) is 3.89. The molecule has 1 N–H and O–H groups in total. The molecule has 0 radical (unpaired) electrons. The van der Waals surface area contributed by atoms with Gasteiger partial charge in [0.1, 0.15) is 5.60 Å². The third kappa shape index (κ3) is 2.80. The first-order valence-corrected chi connectivity index (χ1v) is 6.70. The molecule has 0 spiro atoms. The Morgan fingerprint density at radius 1 is 1.37 bits per heavy atom. The summed E-state index contributed by atoms with van der Waals surface area (Å²) < 4.78 is 5.58. The lowest BCUT2D eigenvalue weighted by Crippen LogP contribution is -2.54. The van der Waals surface area contributed by atoms with Crippen LogP contribution in [0.1, 0.15) is 18.4 Å². The smallest absolute Gasteiger partial charge is 0.259 e. The fourth-order valence-corrected chi connectivity index (χ4v) is 2.60. The summed E-state index contributed by atoms with van der Waals surface area (Å²) in [6, 6.07) is 7.96. The predicted molar refractivity (Wildman–Crippen MR) is 76.4 cm³/mol. The monoisotopic (exact) mass is 262 g/mol. The summed E-state index contributed by atoms with van der Waals surface area (Å²) >= 11 is 0. The van der Waals surface area contributed by atoms with E-state index >= 15 is 0 Å². The highest BCUT2D eigenvalue weighted by molar-refractivity contribution is 5.99. The van der Waals surface area contributed by atoms with Crippen molar-refractivity contribution in [1.29, 1.82) is 0 Å². The summed E-state index contributed by atoms with van der Waals surface area (Å²) in [5.74, 6) is 0.0436. The molecule has 1 aliphatic heterocycles. The van der Waals surface area contributed by atoms with E-state index in [-0.39, 0.29) is 5.91 Å². The molecule has 0 bridgehead atoms. The van der Waals surface area contributed by atoms with E-state index in [1.54, 1.807) is 12.0 Å². The minimum absolute atomic E-state index is 0.0436. The van der Waals surface area contributed by atoms with Gasteiger partial charge in [-0.2, -0.15) is 0 Å². The quantitative estimate of drug-likeness (QED) is 0.902. The maximum absolute atomic E-state index is 12.7. The number of nitrogens with one attached hydrogen (secondary N) is 1. The van der Waals surface area contributed by atoms with Crippen LogP contribution in [0.3, 0.4) is 0 Å². The molecule has 1 saturated heterocycles. The summed E-state index contributed by atoms with van der Waals surface area (Å²) in [6.45, 7) is 3.67. The van der Waals surface area contributed by atoms with Gasteiger partial charge in [-0.25, -0.2) is 0 Å². The second-order valence-electron chi connectivity index (χ2n) is 5.15. The number of carbonyl (C=O) groups excluding carboxylic acids is 1. The molecule has 104 valence electrons. The van der Waals surface area contributed by atoms with Gasteiger partial charge in [-0.05, 0) is 50.6 Å². The van der Waals surface area contributed by atoms with Gasteiger partial charge in [-0.3, -0.25) is 4.79 Å². The van der Waals surface area contributed by atoms with Crippen molar-refractivity contribution >= 4 is 11.6 Å². The molecule has 0 atom stereocenters. The highest BCUT2D eigenvalue weighted by atomic mass is 16.5. The van der Waals surface area contributed by atoms with Gasteiger partial charge in [0.15, 0.2) is 0 Å². The fourth-order valence-electron chi connectivity index (χ4n) is 2.60. The van der Waals surface area contributed by atoms with Crippen LogP contribution in [0, 0.1) is 6.92 Å². The number of carbonyl (C=O) groups is 1. The minimum Gasteiger partial charge on any atom is -0.368 e. The molecule has 1 heterocycles. The normalized spacial score (nSPS) is 18.1. The molecule has 0 aliphatic carbocycles. The maximum Gasteiger partial charge on any atom is 0.259 e. The number of anilines is 1. The number of likely N-dealkylation sites (N-methyl/N-ethyl adjacent to an activating group) is 1. The maximum atomic E-state index is 12.7. The number of hydrogen-bond donors (Lipinski definition) is 1. The first-order valence-electron chi connectivity index (χ1n) is 6.70. The van der Waals surface area contributed by atoms with Gasteiger partial charge in [-0.15, -0.1) is 0 Å². The van der Waals surface area contributed by atoms with Crippen LogP contribution in [-0.2, 0) is 9.53 Å². The van der Waals surface area contributed by atoms with Gasteiger partial charge in [0.2, 0.25) is 0 Å². The number of hydrogen-bond acceptors (Lipinski definition) is 3. The Balaban J connectivity index is 2.22. The highest BCUT2D eigenvalue weighted by Gasteiger charge is 2.41. The predicted octanol–water partition coefficient (Wildman–Crippen LogP) is 1.73. The summed E-state index contributed by atoms with van der Waals surface area (Å²) in [5.41, 5.74) is 1.39. The van der Waals surface area contributed by atoms with Gasteiger partial charge >= 0.3 is 0 Å². The number of benzene rings is 1. The summed E-state index contributed by atoms with van der Waals surface area (Å²) in [6.07, 6.45) is 1.44. The molecule has 0 aromatic heterocycles. The van der Waals surface area contributed by atoms with Gasteiger partial charge in [-0.1, -0.05) is 12.1 Å². The van der Waals surface area contributed by atoms with Crippen molar-refractivity contribution in [2.24, 2.45) is 0 Å². The zero-order valence-electron chi connectivity index (χ0n) is 11.9. The first-order chi connectivity index (χ1) is 9.09. The van der Waals surface area contributed by atoms with Crippen molar-refractivity contribution in [3.8, 4) is 0 Å². The minimum atomic E-state index is -0.677. The Kier molecular flexibility index (Phi) is 4.22. The number of ether oxygens (including phenoxy) is 1. The van der Waals surface area contributed by atoms with Crippen LogP contribution in [0.25, 0.3) is 0 Å². The van der Waals surface area contributed by atoms with E-state index in [1.807, 2.05) is 38.2 Å². The molecule has 1 aromatic carbocycles. The third-order valence-corrected chi connectivity index (χ3v) is 3.89. The number of nitrogens with zero attached hydrogens (tertiary/aromatic N) is 1. The average Bonchev–Trinajstić information content (AvgIpc) is 2.46. The molecule has 4 heteroatoms. The Morgan fingerprint density at radius 3 is 2.63 bits per heavy atom. The van der Waals surface area contributed by atoms with Crippen molar-refractivity contribution in [3.63, 3.8) is 0 Å². The molecular formula is C15H22N2O2. The first kappa shape index (κ1) is 14.0. The molecule has 2 rings (SSSR count). The van der Waals surface area contributed by atoms with E-state index in [9.17, 15) is 4.79 Å². The van der Waals surface area contributed by atoms with Crippen LogP contribution in [0.4, 0.5) is 5.69 Å². The van der Waals surface area contributed by atoms with E-state index in [2.05, 4.69) is 5.32 Å². The summed E-state index contributed by atoms with van der Waals surface area (Å²) in [5, 5.41) is 3.27. The lowest BCUT2D eigenvalue weighted by Gasteiger charge is -2.37. The molecule has 0 saturated carbocycles. The van der Waals surface area contributed by atoms with Crippen molar-refractivity contribution in [2.75, 3.05) is 32.1 Å². The van der Waals surface area contributed by atoms with Crippen molar-refractivity contribution in [2.45, 2.75) is 25.4 Å². The Labute approximate surface area is 114 Å². The van der Waals surface area contributed by atoms with Gasteiger partial charge in [0.25, 0.3) is 5.91 Å². The van der Waals surface area contributed by atoms with Crippen molar-refractivity contribution < 1.29 is 9.53 Å². The SMILES string of the molecule is COC1(C(=O)N(C)c2cccc(C)c2)CCNCC1. The molecule has 1 amide bonds. The van der Waals surface area contributed by atoms with Crippen molar-refractivity contribution in [1.82, 2.24) is 5.32 Å². The van der Waals surface area contributed by atoms with Crippen LogP contribution in [0.15, 0.2) is 24.3 Å². The number of piperidine rings is 1. The number of methoxy groups -OCH3 is 1. The zero-order chi connectivity index (χ0) is 13.9. The van der Waals surface area contributed by atoms with Gasteiger partial charge < -0.3 is 15.0 Å². The average molecular weight is 262 g/mol.